The predicted octanol–water partition coefficient (Wildman–Crippen LogP) is 1.89. The number of benzene rings is 1. The Labute approximate surface area is 149 Å². The number of imide groups is 1. The molecule has 0 spiro atoms. The molecule has 1 N–H and O–H groups in total. The van der Waals surface area contributed by atoms with Gasteiger partial charge in [0, 0.05) is 19.4 Å². The third-order valence-corrected chi connectivity index (χ3v) is 5.02. The molecule has 1 aromatic carbocycles. The van der Waals surface area contributed by atoms with Crippen molar-refractivity contribution in [2.45, 2.75) is 32.1 Å². The van der Waals surface area contributed by atoms with Crippen LogP contribution in [-0.2, 0) is 19.8 Å². The van der Waals surface area contributed by atoms with Crippen molar-refractivity contribution in [2.75, 3.05) is 11.9 Å². The molecule has 1 fully saturated rings. The summed E-state index contributed by atoms with van der Waals surface area (Å²) in [6, 6.07) is 9.25. The average molecular weight is 358 g/mol. The van der Waals surface area contributed by atoms with E-state index in [1.165, 1.54) is 16.2 Å². The van der Waals surface area contributed by atoms with Crippen molar-refractivity contribution in [1.29, 1.82) is 0 Å². The number of likely N-dealkylation sites (tertiary alicyclic amines) is 1. The first-order valence-electron chi connectivity index (χ1n) is 7.90. The van der Waals surface area contributed by atoms with E-state index in [4.69, 9.17) is 0 Å². The summed E-state index contributed by atoms with van der Waals surface area (Å²) < 4.78 is 0. The first kappa shape index (κ1) is 17.2. The Morgan fingerprint density at radius 2 is 2.00 bits per heavy atom. The number of rotatable bonds is 5. The smallest absolute Gasteiger partial charge is 0.240 e. The summed E-state index contributed by atoms with van der Waals surface area (Å²) in [6.07, 6.45) is 0.147. The zero-order chi connectivity index (χ0) is 18.0. The molecule has 25 heavy (non-hydrogen) atoms. The maximum Gasteiger partial charge on any atom is 0.240 e. The van der Waals surface area contributed by atoms with E-state index in [1.54, 1.807) is 13.8 Å². The number of amides is 3. The number of aryl methyl sites for hydroxylation is 1. The number of nitrogens with zero attached hydrogens (tertiary/aromatic N) is 3. The molecule has 0 bridgehead atoms. The fourth-order valence-corrected chi connectivity index (χ4v) is 3.49. The summed E-state index contributed by atoms with van der Waals surface area (Å²) in [7, 11) is 0. The molecule has 2 heterocycles. The van der Waals surface area contributed by atoms with Gasteiger partial charge in [0.25, 0.3) is 0 Å². The quantitative estimate of drug-likeness (QED) is 0.824. The van der Waals surface area contributed by atoms with Crippen molar-refractivity contribution in [1.82, 2.24) is 15.1 Å². The van der Waals surface area contributed by atoms with Crippen LogP contribution in [0.1, 0.15) is 30.3 Å². The number of carbonyl (C=O) groups excluding carboxylic acids is 3. The average Bonchev–Trinajstić information content (AvgIpc) is 3.09. The fourth-order valence-electron chi connectivity index (χ4n) is 2.88. The van der Waals surface area contributed by atoms with Crippen molar-refractivity contribution < 1.29 is 14.4 Å². The molecule has 0 unspecified atom stereocenters. The van der Waals surface area contributed by atoms with E-state index < -0.39 is 5.41 Å². The van der Waals surface area contributed by atoms with Crippen LogP contribution < -0.4 is 5.32 Å². The Balaban J connectivity index is 1.64. The maximum atomic E-state index is 12.8. The molecule has 2 aromatic rings. The highest BCUT2D eigenvalue weighted by atomic mass is 32.1. The van der Waals surface area contributed by atoms with Gasteiger partial charge in [-0.25, -0.2) is 0 Å². The van der Waals surface area contributed by atoms with Crippen molar-refractivity contribution in [3.05, 3.63) is 40.9 Å². The van der Waals surface area contributed by atoms with E-state index in [-0.39, 0.29) is 37.1 Å². The molecule has 0 aliphatic carbocycles. The second-order valence-electron chi connectivity index (χ2n) is 6.15. The Morgan fingerprint density at radius 3 is 2.64 bits per heavy atom. The summed E-state index contributed by atoms with van der Waals surface area (Å²) in [5, 5.41) is 11.4. The zero-order valence-corrected chi connectivity index (χ0v) is 14.8. The van der Waals surface area contributed by atoms with E-state index in [2.05, 4.69) is 15.5 Å². The lowest BCUT2D eigenvalue weighted by Gasteiger charge is -2.22. The predicted molar refractivity (Wildman–Crippen MR) is 93.0 cm³/mol. The summed E-state index contributed by atoms with van der Waals surface area (Å²) in [5.41, 5.74) is -0.0600. The minimum atomic E-state index is -0.870. The van der Waals surface area contributed by atoms with E-state index in [9.17, 15) is 14.4 Å². The van der Waals surface area contributed by atoms with Gasteiger partial charge in [0.15, 0.2) is 0 Å². The first-order valence-corrected chi connectivity index (χ1v) is 8.72. The molecule has 1 aromatic heterocycles. The van der Waals surface area contributed by atoms with Gasteiger partial charge in [-0.15, -0.1) is 10.2 Å². The van der Waals surface area contributed by atoms with Gasteiger partial charge >= 0.3 is 0 Å². The van der Waals surface area contributed by atoms with Crippen molar-refractivity contribution in [3.8, 4) is 0 Å². The second-order valence-corrected chi connectivity index (χ2v) is 7.33. The second kappa shape index (κ2) is 6.72. The summed E-state index contributed by atoms with van der Waals surface area (Å²) in [5.74, 6) is -0.816. The van der Waals surface area contributed by atoms with Gasteiger partial charge in [-0.05, 0) is 19.4 Å². The van der Waals surface area contributed by atoms with Gasteiger partial charge in [0.05, 0.1) is 5.41 Å². The standard InChI is InChI=1S/C17H18N4O3S/c1-11-19-20-16(25-11)18-13(22)8-9-21-14(23)10-17(2,15(21)24)12-6-4-3-5-7-12/h3-7H,8-10H2,1-2H3,(H,18,20,22)/t17-/m0/s1. The van der Waals surface area contributed by atoms with E-state index in [0.29, 0.717) is 5.13 Å². The van der Waals surface area contributed by atoms with Gasteiger partial charge < -0.3 is 5.32 Å². The minimum absolute atomic E-state index is 0.0287. The monoisotopic (exact) mass is 358 g/mol. The number of carbonyl (C=O) groups is 3. The molecular weight excluding hydrogens is 340 g/mol. The highest BCUT2D eigenvalue weighted by Gasteiger charge is 2.49. The number of aromatic nitrogens is 2. The van der Waals surface area contributed by atoms with Crippen LogP contribution in [0.15, 0.2) is 30.3 Å². The molecule has 1 aliphatic rings. The topological polar surface area (TPSA) is 92.3 Å². The Hall–Kier alpha value is -2.61. The van der Waals surface area contributed by atoms with Crippen LogP contribution in [0.3, 0.4) is 0 Å². The zero-order valence-electron chi connectivity index (χ0n) is 14.0. The van der Waals surface area contributed by atoms with E-state index >= 15 is 0 Å². The van der Waals surface area contributed by atoms with Gasteiger partial charge in [0.1, 0.15) is 5.01 Å². The van der Waals surface area contributed by atoms with Gasteiger partial charge in [-0.2, -0.15) is 0 Å². The number of hydrogen-bond acceptors (Lipinski definition) is 6. The Bertz CT molecular complexity index is 820. The molecule has 3 amide bonds. The Morgan fingerprint density at radius 1 is 1.28 bits per heavy atom. The molecule has 8 heteroatoms. The highest BCUT2D eigenvalue weighted by Crippen LogP contribution is 2.36. The first-order chi connectivity index (χ1) is 11.9. The highest BCUT2D eigenvalue weighted by molar-refractivity contribution is 7.15. The largest absolute Gasteiger partial charge is 0.300 e. The maximum absolute atomic E-state index is 12.8. The van der Waals surface area contributed by atoms with Crippen LogP contribution in [0.25, 0.3) is 0 Å². The molecule has 0 saturated carbocycles. The SMILES string of the molecule is Cc1nnc(NC(=O)CCN2C(=O)C[C@@](C)(c3ccccc3)C2=O)s1. The lowest BCUT2D eigenvalue weighted by molar-refractivity contribution is -0.139. The Kier molecular flexibility index (Phi) is 4.63. The summed E-state index contributed by atoms with van der Waals surface area (Å²) >= 11 is 1.27. The van der Waals surface area contributed by atoms with Crippen LogP contribution in [0, 0.1) is 6.92 Å². The molecular formula is C17H18N4O3S. The summed E-state index contributed by atoms with van der Waals surface area (Å²) in [4.78, 5) is 38.2. The molecule has 1 saturated heterocycles. The normalized spacial score (nSPS) is 20.2. The third-order valence-electron chi connectivity index (χ3n) is 4.27. The lowest BCUT2D eigenvalue weighted by atomic mass is 9.81. The molecule has 1 atom stereocenters. The van der Waals surface area contributed by atoms with E-state index in [1.807, 2.05) is 30.3 Å². The van der Waals surface area contributed by atoms with Crippen LogP contribution in [0.5, 0.6) is 0 Å². The van der Waals surface area contributed by atoms with Crippen molar-refractivity contribution >= 4 is 34.2 Å². The van der Waals surface area contributed by atoms with Gasteiger partial charge in [0.2, 0.25) is 22.9 Å². The minimum Gasteiger partial charge on any atom is -0.300 e. The molecule has 1 aliphatic heterocycles. The number of hydrogen-bond donors (Lipinski definition) is 1. The fraction of sp³-hybridized carbons (Fsp3) is 0.353. The summed E-state index contributed by atoms with van der Waals surface area (Å²) in [6.45, 7) is 3.62. The van der Waals surface area contributed by atoms with Gasteiger partial charge in [-0.3, -0.25) is 19.3 Å². The van der Waals surface area contributed by atoms with Crippen molar-refractivity contribution in [2.24, 2.45) is 0 Å². The van der Waals surface area contributed by atoms with Crippen LogP contribution in [0.2, 0.25) is 0 Å². The molecule has 130 valence electrons. The van der Waals surface area contributed by atoms with Crippen LogP contribution in [0.4, 0.5) is 5.13 Å². The van der Waals surface area contributed by atoms with Crippen LogP contribution in [-0.4, -0.2) is 39.4 Å². The van der Waals surface area contributed by atoms with Crippen molar-refractivity contribution in [3.63, 3.8) is 0 Å². The lowest BCUT2D eigenvalue weighted by Crippen LogP contribution is -2.38. The van der Waals surface area contributed by atoms with E-state index in [0.717, 1.165) is 10.6 Å². The number of anilines is 1. The van der Waals surface area contributed by atoms with Crippen LogP contribution >= 0.6 is 11.3 Å². The molecule has 7 nitrogen and oxygen atoms in total. The number of nitrogens with one attached hydrogen (secondary N) is 1. The van der Waals surface area contributed by atoms with Gasteiger partial charge in [-0.1, -0.05) is 41.7 Å². The molecule has 3 rings (SSSR count). The molecule has 0 radical (unpaired) electrons. The third kappa shape index (κ3) is 3.43.